The molecule has 0 spiro atoms. The Hall–Kier alpha value is 0.480. The maximum atomic E-state index is 11.4. The van der Waals surface area contributed by atoms with E-state index in [1.165, 1.54) is 0 Å². The lowest BCUT2D eigenvalue weighted by molar-refractivity contribution is -0.127. The van der Waals surface area contributed by atoms with E-state index in [0.717, 1.165) is 0 Å². The quantitative estimate of drug-likeness (QED) is 0.337. The molecule has 0 bridgehead atoms. The zero-order valence-electron chi connectivity index (χ0n) is 4.78. The van der Waals surface area contributed by atoms with Crippen molar-refractivity contribution in [3.63, 3.8) is 0 Å². The minimum Gasteiger partial charge on any atom is -0.346 e. The fourth-order valence-electron chi connectivity index (χ4n) is 0.182. The van der Waals surface area contributed by atoms with E-state index in [4.69, 9.17) is 10.4 Å². The van der Waals surface area contributed by atoms with E-state index >= 15 is 0 Å². The Bertz CT molecular complexity index is 171. The van der Waals surface area contributed by atoms with Gasteiger partial charge in [-0.25, -0.2) is 4.72 Å². The van der Waals surface area contributed by atoms with E-state index < -0.39 is 18.2 Å². The van der Waals surface area contributed by atoms with Crippen LogP contribution in [0.25, 0.3) is 0 Å². The van der Waals surface area contributed by atoms with Crippen molar-refractivity contribution in [3.05, 3.63) is 0 Å². The first kappa shape index (κ1) is 10.5. The first-order valence-electron chi connectivity index (χ1n) is 2.13. The fourth-order valence-corrected chi connectivity index (χ4v) is 1.77. The van der Waals surface area contributed by atoms with Gasteiger partial charge in [-0.05, 0) is 23.4 Å². The largest absolute Gasteiger partial charge is 0.346 e. The van der Waals surface area contributed by atoms with Gasteiger partial charge in [-0.1, -0.05) is 0 Å². The van der Waals surface area contributed by atoms with Crippen LogP contribution in [0.15, 0.2) is 0 Å². The summed E-state index contributed by atoms with van der Waals surface area (Å²) in [6.07, 6.45) is 0. The highest BCUT2D eigenvalue weighted by molar-refractivity contribution is 8.67. The van der Waals surface area contributed by atoms with Crippen LogP contribution in [0.5, 0.6) is 0 Å². The van der Waals surface area contributed by atoms with E-state index in [2.05, 4.69) is 16.5 Å². The van der Waals surface area contributed by atoms with Gasteiger partial charge in [0, 0.05) is 0 Å². The lowest BCUT2D eigenvalue weighted by Gasteiger charge is -2.05. The molecule has 0 saturated carbocycles. The Morgan fingerprint density at radius 1 is 2.00 bits per heavy atom. The number of rotatable bonds is 4. The van der Waals surface area contributed by atoms with Gasteiger partial charge in [-0.3, -0.25) is 10.3 Å². The maximum absolute atomic E-state index is 11.4. The van der Waals surface area contributed by atoms with Gasteiger partial charge in [-0.2, -0.15) is 4.39 Å². The minimum absolute atomic E-state index is 0.485. The van der Waals surface area contributed by atoms with Crippen molar-refractivity contribution in [2.24, 2.45) is 5.50 Å². The zero-order valence-corrected chi connectivity index (χ0v) is 7.31. The summed E-state index contributed by atoms with van der Waals surface area (Å²) >= 11 is 4.96. The Balaban J connectivity index is 3.39. The Morgan fingerprint density at radius 3 is 2.80 bits per heavy atom. The molecular weight excluding hydrogens is 198 g/mol. The number of hydrogen-bond donors (Lipinski definition) is 3. The molecule has 1 unspecified atom stereocenters. The molecule has 10 heavy (non-hydrogen) atoms. The van der Waals surface area contributed by atoms with Gasteiger partial charge in [0.1, 0.15) is 0 Å². The lowest BCUT2D eigenvalue weighted by Crippen LogP contribution is -2.12. The van der Waals surface area contributed by atoms with E-state index in [-0.39, 0.29) is 0 Å². The van der Waals surface area contributed by atoms with E-state index in [1.807, 2.05) is 0 Å². The van der Waals surface area contributed by atoms with E-state index in [9.17, 15) is 9.18 Å². The number of nitrogens with one attached hydrogen (secondary N) is 1. The van der Waals surface area contributed by atoms with E-state index in [0.29, 0.717) is 11.6 Å². The summed E-state index contributed by atoms with van der Waals surface area (Å²) in [6.45, 7) is -0.485. The molecule has 60 valence electrons. The summed E-state index contributed by atoms with van der Waals surface area (Å²) in [6, 6.07) is -1.52. The topological polar surface area (TPSA) is 75.3 Å². The van der Waals surface area contributed by atoms with Gasteiger partial charge in [-0.15, -0.1) is 0 Å². The van der Waals surface area contributed by atoms with Crippen molar-refractivity contribution in [1.29, 1.82) is 0 Å². The third-order valence-corrected chi connectivity index (χ3v) is 2.78. The van der Waals surface area contributed by atoms with Crippen LogP contribution in [-0.4, -0.2) is 17.5 Å². The molecule has 0 amide bonds. The molecule has 0 radical (unpaired) electrons. The van der Waals surface area contributed by atoms with Crippen LogP contribution >= 0.6 is 17.2 Å². The molecule has 0 fully saturated rings. The third-order valence-electron chi connectivity index (χ3n) is 0.406. The minimum atomic E-state index is -2.90. The number of halogens is 1. The molecule has 0 aromatic heterocycles. The molecule has 0 saturated heterocycles. The number of hydrogen-bond acceptors (Lipinski definition) is 4. The summed E-state index contributed by atoms with van der Waals surface area (Å²) in [5, 5.41) is 0. The van der Waals surface area contributed by atoms with Gasteiger partial charge >= 0.3 is 6.04 Å². The van der Waals surface area contributed by atoms with Crippen molar-refractivity contribution in [1.82, 2.24) is 4.72 Å². The second kappa shape index (κ2) is 4.38. The summed E-state index contributed by atoms with van der Waals surface area (Å²) in [5.74, 6) is 0. The summed E-state index contributed by atoms with van der Waals surface area (Å²) < 4.78 is 13.6. The molecule has 0 heterocycles. The number of nitrogens with two attached hydrogens (primary N) is 1. The third kappa shape index (κ3) is 8.48. The van der Waals surface area contributed by atoms with Crippen molar-refractivity contribution >= 4 is 35.0 Å². The summed E-state index contributed by atoms with van der Waals surface area (Å²) in [7, 11) is 0. The first-order chi connectivity index (χ1) is 4.42. The van der Waals surface area contributed by atoms with Crippen LogP contribution in [0.3, 0.4) is 0 Å². The van der Waals surface area contributed by atoms with Crippen molar-refractivity contribution < 1.29 is 14.1 Å². The molecular formula is C2H6FN2O2PS2. The predicted molar refractivity (Wildman–Crippen MR) is 42.4 cm³/mol. The van der Waals surface area contributed by atoms with Gasteiger partial charge in [0.05, 0.1) is 6.54 Å². The molecule has 0 aliphatic carbocycles. The highest BCUT2D eigenvalue weighted by atomic mass is 32.9. The van der Waals surface area contributed by atoms with Gasteiger partial charge < -0.3 is 4.89 Å². The number of carbonyl (C=O) groups excluding carboxylic acids is 1. The van der Waals surface area contributed by atoms with Crippen LogP contribution < -0.4 is 10.2 Å². The van der Waals surface area contributed by atoms with Crippen LogP contribution in [0.4, 0.5) is 4.39 Å². The highest BCUT2D eigenvalue weighted by Gasteiger charge is 2.06. The molecule has 0 aromatic rings. The molecule has 0 aliphatic rings. The summed E-state index contributed by atoms with van der Waals surface area (Å²) in [4.78, 5) is 18.3. The van der Waals surface area contributed by atoms with Crippen LogP contribution in [0.2, 0.25) is 0 Å². The monoisotopic (exact) mass is 204 g/mol. The zero-order chi connectivity index (χ0) is 8.20. The molecule has 0 aliphatic heterocycles. The van der Waals surface area contributed by atoms with Gasteiger partial charge in [0.15, 0.2) is 5.62 Å². The fraction of sp³-hybridized carbons (Fsp3) is 0.500. The Labute approximate surface area is 66.4 Å². The molecule has 4 nitrogen and oxygen atoms in total. The number of carbonyl (C=O) groups is 1. The van der Waals surface area contributed by atoms with Gasteiger partial charge in [0.25, 0.3) is 0 Å². The average Bonchev–Trinajstić information content (AvgIpc) is 1.59. The Kier molecular flexibility index (Phi) is 4.59. The van der Waals surface area contributed by atoms with Gasteiger partial charge in [0.2, 0.25) is 0 Å². The maximum Gasteiger partial charge on any atom is 0.316 e. The molecule has 0 aromatic carbocycles. The van der Waals surface area contributed by atoms with Crippen molar-refractivity contribution in [3.8, 4) is 0 Å². The average molecular weight is 204 g/mol. The normalized spacial score (nSPS) is 16.3. The van der Waals surface area contributed by atoms with E-state index in [1.54, 1.807) is 0 Å². The highest BCUT2D eigenvalue weighted by Crippen LogP contribution is 2.43. The Morgan fingerprint density at radius 2 is 2.50 bits per heavy atom. The van der Waals surface area contributed by atoms with Crippen molar-refractivity contribution in [2.75, 3.05) is 6.54 Å². The van der Waals surface area contributed by atoms with Crippen LogP contribution in [-0.2, 0) is 16.6 Å². The van der Waals surface area contributed by atoms with Crippen molar-refractivity contribution in [2.45, 2.75) is 0 Å². The smallest absolute Gasteiger partial charge is 0.316 e. The predicted octanol–water partition coefficient (Wildman–Crippen LogP) is -0.104. The molecule has 0 rings (SSSR count). The molecule has 1 atom stereocenters. The second-order valence-corrected chi connectivity index (χ2v) is 7.51. The second-order valence-electron chi connectivity index (χ2n) is 1.33. The lowest BCUT2D eigenvalue weighted by atomic mass is 10.7. The van der Waals surface area contributed by atoms with Crippen LogP contribution in [0, 0.1) is 0 Å². The molecule has 4 N–H and O–H groups in total. The van der Waals surface area contributed by atoms with Crippen LogP contribution in [0.1, 0.15) is 0 Å². The first-order valence-corrected chi connectivity index (χ1v) is 6.37. The standard InChI is InChI=1S/C2H6FN2O2PS2/c3-2(6)1-5-10-8(4,7)9/h5H,1H2,(H3,4,7,9). The molecule has 8 heteroatoms. The summed E-state index contributed by atoms with van der Waals surface area (Å²) in [5.41, 5.74) is 2.07. The SMILES string of the molecule is NP(O)(=S)SNCC(=O)F.